The molecule has 1 saturated heterocycles. The van der Waals surface area contributed by atoms with Crippen LogP contribution < -0.4 is 9.64 Å². The normalized spacial score (nSPS) is 15.9. The first-order valence-electron chi connectivity index (χ1n) is 13.4. The Morgan fingerprint density at radius 2 is 1.64 bits per heavy atom. The third-order valence-electron chi connectivity index (χ3n) is 7.57. The van der Waals surface area contributed by atoms with Gasteiger partial charge in [-0.15, -0.1) is 0 Å². The zero-order chi connectivity index (χ0) is 30.3. The van der Waals surface area contributed by atoms with Crippen molar-refractivity contribution in [3.05, 3.63) is 70.5 Å². The smallest absolute Gasteiger partial charge is 0.435 e. The molecular weight excluding hydrogens is 553 g/mol. The Balaban J connectivity index is 1.61. The third-order valence-corrected chi connectivity index (χ3v) is 7.57. The highest BCUT2D eigenvalue weighted by Gasteiger charge is 2.44. The summed E-state index contributed by atoms with van der Waals surface area (Å²) in [7, 11) is 6.61. The molecule has 2 aliphatic heterocycles. The van der Waals surface area contributed by atoms with E-state index >= 15 is 0 Å². The fourth-order valence-corrected chi connectivity index (χ4v) is 5.23. The number of ether oxygens (including phenoxy) is 1. The number of fused-ring (bicyclic) bond motifs is 1. The van der Waals surface area contributed by atoms with Crippen LogP contribution in [0.1, 0.15) is 42.5 Å². The van der Waals surface area contributed by atoms with Gasteiger partial charge >= 0.3 is 6.18 Å². The van der Waals surface area contributed by atoms with Gasteiger partial charge in [0.25, 0.3) is 17.7 Å². The summed E-state index contributed by atoms with van der Waals surface area (Å²) in [6.45, 7) is 2.16. The molecule has 3 aromatic rings. The zero-order valence-electron chi connectivity index (χ0n) is 23.7. The number of rotatable bonds is 5. The summed E-state index contributed by atoms with van der Waals surface area (Å²) in [6.07, 6.45) is -4.92. The Bertz CT molecular complexity index is 1530. The minimum absolute atomic E-state index is 0.0166. The molecule has 42 heavy (non-hydrogen) atoms. The summed E-state index contributed by atoms with van der Waals surface area (Å²) in [4.78, 5) is 46.4. The SMILES string of the molecule is COc1ccc(-n2nc(C(F)(F)F)c3c2C(=O)N(c2ccc(C(=O)N(C)C)cc2)CC3)c(C(=O)N2CCN(C)CC2)c1. The number of likely N-dealkylation sites (N-methyl/N-ethyl adjacent to an activating group) is 1. The number of alkyl halides is 3. The number of methoxy groups -OCH3 is 1. The monoisotopic (exact) mass is 584 g/mol. The van der Waals surface area contributed by atoms with Crippen LogP contribution in [0.15, 0.2) is 42.5 Å². The van der Waals surface area contributed by atoms with Gasteiger partial charge < -0.3 is 24.3 Å². The molecule has 3 heterocycles. The standard InChI is InChI=1S/C29H31F3N6O4/c1-34(2)26(39)18-5-7-19(8-6-18)37-12-11-21-24(28(37)41)38(33-25(21)29(30,31)32)23-10-9-20(42-4)17-22(23)27(40)36-15-13-35(3)14-16-36/h5-10,17H,11-16H2,1-4H3. The summed E-state index contributed by atoms with van der Waals surface area (Å²) >= 11 is 0. The average Bonchev–Trinajstić information content (AvgIpc) is 3.38. The second-order valence-electron chi connectivity index (χ2n) is 10.5. The lowest BCUT2D eigenvalue weighted by molar-refractivity contribution is -0.141. The number of piperazine rings is 1. The zero-order valence-corrected chi connectivity index (χ0v) is 23.7. The van der Waals surface area contributed by atoms with Crippen LogP contribution in [0.5, 0.6) is 5.75 Å². The van der Waals surface area contributed by atoms with Crippen molar-refractivity contribution < 1.29 is 32.3 Å². The van der Waals surface area contributed by atoms with Crippen LogP contribution in [-0.4, -0.2) is 103 Å². The first kappa shape index (κ1) is 29.1. The maximum absolute atomic E-state index is 14.2. The fourth-order valence-electron chi connectivity index (χ4n) is 5.23. The van der Waals surface area contributed by atoms with Gasteiger partial charge in [0.2, 0.25) is 0 Å². The number of hydrogen-bond acceptors (Lipinski definition) is 6. The molecule has 0 bridgehead atoms. The second kappa shape index (κ2) is 11.1. The number of carbonyl (C=O) groups excluding carboxylic acids is 3. The van der Waals surface area contributed by atoms with Crippen LogP contribution in [0.4, 0.5) is 18.9 Å². The molecule has 0 spiro atoms. The average molecular weight is 585 g/mol. The molecule has 0 radical (unpaired) electrons. The highest BCUT2D eigenvalue weighted by molar-refractivity contribution is 6.08. The van der Waals surface area contributed by atoms with Crippen LogP contribution in [0, 0.1) is 0 Å². The predicted octanol–water partition coefficient (Wildman–Crippen LogP) is 3.19. The van der Waals surface area contributed by atoms with Crippen LogP contribution >= 0.6 is 0 Å². The molecule has 0 atom stereocenters. The summed E-state index contributed by atoms with van der Waals surface area (Å²) < 4.78 is 48.9. The van der Waals surface area contributed by atoms with E-state index in [9.17, 15) is 27.6 Å². The van der Waals surface area contributed by atoms with E-state index in [0.29, 0.717) is 43.2 Å². The molecule has 2 aliphatic rings. The Kier molecular flexibility index (Phi) is 7.71. The molecule has 222 valence electrons. The number of hydrogen-bond donors (Lipinski definition) is 0. The Hall–Kier alpha value is -4.39. The van der Waals surface area contributed by atoms with Gasteiger partial charge in [0.1, 0.15) is 11.4 Å². The van der Waals surface area contributed by atoms with E-state index in [2.05, 4.69) is 10.00 Å². The summed E-state index contributed by atoms with van der Waals surface area (Å²) in [6, 6.07) is 10.7. The van der Waals surface area contributed by atoms with Crippen LogP contribution in [-0.2, 0) is 12.6 Å². The molecule has 0 N–H and O–H groups in total. The van der Waals surface area contributed by atoms with Gasteiger partial charge in [-0.1, -0.05) is 0 Å². The van der Waals surface area contributed by atoms with Crippen LogP contribution in [0.3, 0.4) is 0 Å². The third kappa shape index (κ3) is 5.31. The summed E-state index contributed by atoms with van der Waals surface area (Å²) in [5, 5.41) is 3.90. The predicted molar refractivity (Wildman–Crippen MR) is 148 cm³/mol. The van der Waals surface area contributed by atoms with Crippen molar-refractivity contribution in [2.24, 2.45) is 0 Å². The van der Waals surface area contributed by atoms with Crippen LogP contribution in [0.25, 0.3) is 5.69 Å². The molecule has 0 saturated carbocycles. The summed E-state index contributed by atoms with van der Waals surface area (Å²) in [5.74, 6) is -0.969. The molecule has 0 aliphatic carbocycles. The number of halogens is 3. The Labute approximate surface area is 240 Å². The number of carbonyl (C=O) groups is 3. The second-order valence-corrected chi connectivity index (χ2v) is 10.5. The van der Waals surface area contributed by atoms with Crippen LogP contribution in [0.2, 0.25) is 0 Å². The van der Waals surface area contributed by atoms with Crippen molar-refractivity contribution in [1.82, 2.24) is 24.5 Å². The van der Waals surface area contributed by atoms with Crippen molar-refractivity contribution in [2.45, 2.75) is 12.6 Å². The van der Waals surface area contributed by atoms with Gasteiger partial charge in [-0.05, 0) is 55.9 Å². The van der Waals surface area contributed by atoms with E-state index in [1.165, 1.54) is 35.1 Å². The van der Waals surface area contributed by atoms with E-state index in [1.54, 1.807) is 43.3 Å². The van der Waals surface area contributed by atoms with Gasteiger partial charge in [-0.3, -0.25) is 14.4 Å². The number of anilines is 1. The Morgan fingerprint density at radius 3 is 2.24 bits per heavy atom. The van der Waals surface area contributed by atoms with Gasteiger partial charge in [-0.25, -0.2) is 4.68 Å². The number of benzene rings is 2. The van der Waals surface area contributed by atoms with Gasteiger partial charge in [0, 0.05) is 63.6 Å². The van der Waals surface area contributed by atoms with E-state index in [4.69, 9.17) is 4.74 Å². The first-order chi connectivity index (χ1) is 19.9. The molecule has 0 unspecified atom stereocenters. The number of nitrogens with zero attached hydrogens (tertiary/aromatic N) is 6. The molecule has 3 amide bonds. The highest BCUT2D eigenvalue weighted by atomic mass is 19.4. The van der Waals surface area contributed by atoms with Crippen molar-refractivity contribution in [2.75, 3.05) is 65.9 Å². The van der Waals surface area contributed by atoms with Gasteiger partial charge in [0.05, 0.1) is 18.4 Å². The maximum atomic E-state index is 14.2. The topological polar surface area (TPSA) is 91.2 Å². The quantitative estimate of drug-likeness (QED) is 0.458. The van der Waals surface area contributed by atoms with Gasteiger partial charge in [-0.2, -0.15) is 18.3 Å². The lowest BCUT2D eigenvalue weighted by Crippen LogP contribution is -2.47. The van der Waals surface area contributed by atoms with Crippen molar-refractivity contribution in [3.8, 4) is 11.4 Å². The molecule has 5 rings (SSSR count). The lowest BCUT2D eigenvalue weighted by atomic mass is 10.0. The minimum Gasteiger partial charge on any atom is -0.497 e. The van der Waals surface area contributed by atoms with E-state index in [1.807, 2.05) is 7.05 Å². The van der Waals surface area contributed by atoms with E-state index in [-0.39, 0.29) is 41.4 Å². The first-order valence-corrected chi connectivity index (χ1v) is 13.4. The molecule has 1 aromatic heterocycles. The van der Waals surface area contributed by atoms with Crippen molar-refractivity contribution >= 4 is 23.4 Å². The van der Waals surface area contributed by atoms with E-state index in [0.717, 1.165) is 4.68 Å². The molecule has 13 heteroatoms. The van der Waals surface area contributed by atoms with Crippen molar-refractivity contribution in [3.63, 3.8) is 0 Å². The fraction of sp³-hybridized carbons (Fsp3) is 0.379. The number of amides is 3. The Morgan fingerprint density at radius 1 is 0.976 bits per heavy atom. The molecular formula is C29H31F3N6O4. The molecule has 1 fully saturated rings. The molecule has 10 nitrogen and oxygen atoms in total. The lowest BCUT2D eigenvalue weighted by Gasteiger charge is -2.33. The minimum atomic E-state index is -4.82. The van der Waals surface area contributed by atoms with Gasteiger partial charge in [0.15, 0.2) is 5.69 Å². The highest BCUT2D eigenvalue weighted by Crippen LogP contribution is 2.38. The largest absolute Gasteiger partial charge is 0.497 e. The number of aromatic nitrogens is 2. The maximum Gasteiger partial charge on any atom is 0.435 e. The molecule has 2 aromatic carbocycles. The van der Waals surface area contributed by atoms with Crippen molar-refractivity contribution in [1.29, 1.82) is 0 Å². The van der Waals surface area contributed by atoms with E-state index < -0.39 is 23.7 Å². The summed E-state index contributed by atoms with van der Waals surface area (Å²) in [5.41, 5.74) is -0.694.